The maximum Gasteiger partial charge on any atom is 0.226 e. The highest BCUT2D eigenvalue weighted by molar-refractivity contribution is 6.01. The second-order valence-electron chi connectivity index (χ2n) is 6.46. The maximum absolute atomic E-state index is 12.4. The number of rotatable bonds is 8. The fraction of sp³-hybridized carbons (Fsp3) is 0.238. The summed E-state index contributed by atoms with van der Waals surface area (Å²) in [7, 11) is 3.19. The van der Waals surface area contributed by atoms with Gasteiger partial charge in [0.15, 0.2) is 28.7 Å². The number of ether oxygens (including phenoxy) is 2. The molecular formula is C21H21N5O4. The van der Waals surface area contributed by atoms with Crippen LogP contribution in [0, 0.1) is 0 Å². The molecule has 1 aromatic carbocycles. The minimum atomic E-state index is -0.0580. The Morgan fingerprint density at radius 1 is 1.20 bits per heavy atom. The first-order chi connectivity index (χ1) is 14.6. The van der Waals surface area contributed by atoms with E-state index in [1.165, 1.54) is 10.7 Å². The van der Waals surface area contributed by atoms with Crippen LogP contribution in [0.5, 0.6) is 11.5 Å². The molecule has 0 aliphatic rings. The number of ketones is 1. The molecule has 4 aromatic rings. The van der Waals surface area contributed by atoms with Gasteiger partial charge in [0.1, 0.15) is 0 Å². The number of methoxy groups -OCH3 is 2. The third-order valence-corrected chi connectivity index (χ3v) is 4.63. The number of aromatic nitrogens is 4. The fourth-order valence-corrected chi connectivity index (χ4v) is 3.06. The highest BCUT2D eigenvalue weighted by Gasteiger charge is 2.19. The van der Waals surface area contributed by atoms with Crippen molar-refractivity contribution in [2.45, 2.75) is 19.9 Å². The highest BCUT2D eigenvalue weighted by Crippen LogP contribution is 2.28. The molecule has 0 fully saturated rings. The third kappa shape index (κ3) is 3.57. The van der Waals surface area contributed by atoms with Gasteiger partial charge in [-0.1, -0.05) is 13.0 Å². The van der Waals surface area contributed by atoms with Gasteiger partial charge in [-0.2, -0.15) is 4.52 Å². The number of carbonyl (C=O) groups excluding carboxylic acids is 1. The lowest BCUT2D eigenvalue weighted by Crippen LogP contribution is -2.11. The zero-order chi connectivity index (χ0) is 21.1. The second-order valence-corrected chi connectivity index (χ2v) is 6.46. The van der Waals surface area contributed by atoms with Gasteiger partial charge in [0.05, 0.1) is 26.0 Å². The number of furan rings is 1. The molecule has 0 aliphatic heterocycles. The van der Waals surface area contributed by atoms with Crippen molar-refractivity contribution in [3.63, 3.8) is 0 Å². The summed E-state index contributed by atoms with van der Waals surface area (Å²) in [6, 6.07) is 9.17. The Bertz CT molecular complexity index is 1180. The van der Waals surface area contributed by atoms with Crippen LogP contribution in [0.3, 0.4) is 0 Å². The Morgan fingerprint density at radius 2 is 2.03 bits per heavy atom. The Balaban J connectivity index is 1.69. The van der Waals surface area contributed by atoms with Crippen LogP contribution < -0.4 is 14.8 Å². The normalized spacial score (nSPS) is 10.9. The van der Waals surface area contributed by atoms with Crippen molar-refractivity contribution in [1.29, 1.82) is 0 Å². The molecule has 0 saturated carbocycles. The van der Waals surface area contributed by atoms with Gasteiger partial charge in [-0.15, -0.1) is 5.10 Å². The van der Waals surface area contributed by atoms with E-state index in [4.69, 9.17) is 13.9 Å². The van der Waals surface area contributed by atoms with Gasteiger partial charge in [-0.3, -0.25) is 4.79 Å². The summed E-state index contributed by atoms with van der Waals surface area (Å²) >= 11 is 0. The minimum Gasteiger partial charge on any atom is -0.493 e. The van der Waals surface area contributed by atoms with Gasteiger partial charge in [0, 0.05) is 19.2 Å². The number of hydrogen-bond acceptors (Lipinski definition) is 8. The Morgan fingerprint density at radius 3 is 2.73 bits per heavy atom. The van der Waals surface area contributed by atoms with Crippen LogP contribution in [-0.4, -0.2) is 39.6 Å². The quantitative estimate of drug-likeness (QED) is 0.442. The SMILES string of the molecule is CCC(=O)c1cnc(NCc2ccc(OC)c(OC)c2)n2nc(-c3ccco3)nc12. The van der Waals surface area contributed by atoms with E-state index in [1.807, 2.05) is 18.2 Å². The molecule has 0 radical (unpaired) electrons. The number of anilines is 1. The lowest BCUT2D eigenvalue weighted by atomic mass is 10.2. The first-order valence-electron chi connectivity index (χ1n) is 9.42. The molecule has 4 rings (SSSR count). The largest absolute Gasteiger partial charge is 0.493 e. The summed E-state index contributed by atoms with van der Waals surface area (Å²) in [6.45, 7) is 2.26. The van der Waals surface area contributed by atoms with Crippen molar-refractivity contribution in [2.24, 2.45) is 0 Å². The molecule has 0 atom stereocenters. The van der Waals surface area contributed by atoms with E-state index in [9.17, 15) is 4.79 Å². The number of Topliss-reactive ketones (excluding diaryl/α,β-unsaturated/α-hetero) is 1. The van der Waals surface area contributed by atoms with Gasteiger partial charge in [-0.25, -0.2) is 9.97 Å². The number of benzene rings is 1. The molecule has 0 amide bonds. The molecule has 0 spiro atoms. The van der Waals surface area contributed by atoms with Crippen LogP contribution in [-0.2, 0) is 6.54 Å². The molecule has 30 heavy (non-hydrogen) atoms. The lowest BCUT2D eigenvalue weighted by molar-refractivity contribution is 0.0989. The fourth-order valence-electron chi connectivity index (χ4n) is 3.06. The zero-order valence-electron chi connectivity index (χ0n) is 16.9. The van der Waals surface area contributed by atoms with Gasteiger partial charge >= 0.3 is 0 Å². The average Bonchev–Trinajstić information content (AvgIpc) is 3.46. The standard InChI is InChI=1S/C21H21N5O4/c1-4-15(27)14-12-23-21(22-11-13-7-8-16(28-2)18(10-13)29-3)26-20(14)24-19(25-26)17-6-5-9-30-17/h5-10,12H,4,11H2,1-3H3,(H,22,23). The van der Waals surface area contributed by atoms with Crippen LogP contribution in [0.1, 0.15) is 29.3 Å². The molecule has 0 bridgehead atoms. The number of hydrogen-bond donors (Lipinski definition) is 1. The van der Waals surface area contributed by atoms with Crippen LogP contribution in [0.25, 0.3) is 17.2 Å². The van der Waals surface area contributed by atoms with E-state index in [2.05, 4.69) is 20.4 Å². The summed E-state index contributed by atoms with van der Waals surface area (Å²) in [5.74, 6) is 2.59. The van der Waals surface area contributed by atoms with Gasteiger partial charge in [0.2, 0.25) is 11.8 Å². The van der Waals surface area contributed by atoms with Crippen molar-refractivity contribution in [3.05, 3.63) is 53.9 Å². The molecule has 3 heterocycles. The summed E-state index contributed by atoms with van der Waals surface area (Å²) in [6.07, 6.45) is 3.42. The van der Waals surface area contributed by atoms with Gasteiger partial charge < -0.3 is 19.2 Å². The number of nitrogens with zero attached hydrogens (tertiary/aromatic N) is 4. The summed E-state index contributed by atoms with van der Waals surface area (Å²) in [5.41, 5.74) is 1.81. The molecule has 9 heteroatoms. The molecule has 154 valence electrons. The average molecular weight is 407 g/mol. The molecule has 0 saturated heterocycles. The monoisotopic (exact) mass is 407 g/mol. The topological polar surface area (TPSA) is 104 Å². The molecule has 3 aromatic heterocycles. The van der Waals surface area contributed by atoms with Crippen molar-refractivity contribution >= 4 is 17.4 Å². The predicted molar refractivity (Wildman–Crippen MR) is 110 cm³/mol. The van der Waals surface area contributed by atoms with E-state index in [0.29, 0.717) is 53.2 Å². The van der Waals surface area contributed by atoms with Crippen molar-refractivity contribution in [3.8, 4) is 23.1 Å². The third-order valence-electron chi connectivity index (χ3n) is 4.63. The van der Waals surface area contributed by atoms with E-state index >= 15 is 0 Å². The smallest absolute Gasteiger partial charge is 0.226 e. The number of carbonyl (C=O) groups is 1. The number of fused-ring (bicyclic) bond motifs is 1. The van der Waals surface area contributed by atoms with Gasteiger partial charge in [-0.05, 0) is 29.8 Å². The minimum absolute atomic E-state index is 0.0580. The van der Waals surface area contributed by atoms with E-state index in [0.717, 1.165) is 5.56 Å². The summed E-state index contributed by atoms with van der Waals surface area (Å²) in [4.78, 5) is 21.3. The van der Waals surface area contributed by atoms with E-state index < -0.39 is 0 Å². The molecule has 0 aliphatic carbocycles. The first-order valence-corrected chi connectivity index (χ1v) is 9.42. The molecule has 1 N–H and O–H groups in total. The van der Waals surface area contributed by atoms with Crippen LogP contribution in [0.2, 0.25) is 0 Å². The summed E-state index contributed by atoms with van der Waals surface area (Å²) < 4.78 is 17.6. The van der Waals surface area contributed by atoms with Crippen molar-refractivity contribution in [1.82, 2.24) is 19.6 Å². The molecule has 9 nitrogen and oxygen atoms in total. The maximum atomic E-state index is 12.4. The molecule has 0 unspecified atom stereocenters. The second kappa shape index (κ2) is 8.24. The van der Waals surface area contributed by atoms with Crippen LogP contribution >= 0.6 is 0 Å². The first kappa shape index (κ1) is 19.4. The molecular weight excluding hydrogens is 386 g/mol. The Kier molecular flexibility index (Phi) is 5.34. The van der Waals surface area contributed by atoms with Gasteiger partial charge in [0.25, 0.3) is 0 Å². The zero-order valence-corrected chi connectivity index (χ0v) is 16.9. The lowest BCUT2D eigenvalue weighted by Gasteiger charge is -2.11. The van der Waals surface area contributed by atoms with E-state index in [-0.39, 0.29) is 5.78 Å². The number of nitrogens with one attached hydrogen (secondary N) is 1. The van der Waals surface area contributed by atoms with E-state index in [1.54, 1.807) is 39.5 Å². The van der Waals surface area contributed by atoms with Crippen LogP contribution in [0.15, 0.2) is 47.2 Å². The Hall–Kier alpha value is -3.88. The van der Waals surface area contributed by atoms with Crippen molar-refractivity contribution < 1.29 is 18.7 Å². The summed E-state index contributed by atoms with van der Waals surface area (Å²) in [5, 5.41) is 7.74. The van der Waals surface area contributed by atoms with Crippen LogP contribution in [0.4, 0.5) is 5.95 Å². The highest BCUT2D eigenvalue weighted by atomic mass is 16.5. The predicted octanol–water partition coefficient (Wildman–Crippen LogP) is 3.61. The van der Waals surface area contributed by atoms with Crippen molar-refractivity contribution in [2.75, 3.05) is 19.5 Å². The Labute approximate surface area is 172 Å².